The fourth-order valence-corrected chi connectivity index (χ4v) is 3.37. The smallest absolute Gasteiger partial charge is 0.344 e. The zero-order chi connectivity index (χ0) is 22.8. The highest BCUT2D eigenvalue weighted by Gasteiger charge is 2.16. The summed E-state index contributed by atoms with van der Waals surface area (Å²) in [6, 6.07) is 16.8. The molecule has 0 aliphatic rings. The summed E-state index contributed by atoms with van der Waals surface area (Å²) in [7, 11) is 1.56. The number of nitrogens with zero attached hydrogens (tertiary/aromatic N) is 1. The number of fused-ring (bicyclic) bond motifs is 1. The Balaban J connectivity index is 1.69. The average molecular weight is 431 g/mol. The van der Waals surface area contributed by atoms with Gasteiger partial charge in [-0.05, 0) is 60.5 Å². The van der Waals surface area contributed by atoms with Gasteiger partial charge in [0.1, 0.15) is 17.1 Å². The Bertz CT molecular complexity index is 1390. The molecule has 0 saturated heterocycles. The summed E-state index contributed by atoms with van der Waals surface area (Å²) in [6.07, 6.45) is 0. The molecule has 0 atom stereocenters. The molecular weight excluding hydrogens is 414 g/mol. The third kappa shape index (κ3) is 3.93. The first kappa shape index (κ1) is 20.8. The molecule has 4 aromatic rings. The van der Waals surface area contributed by atoms with Crippen molar-refractivity contribution in [3.8, 4) is 22.6 Å². The van der Waals surface area contributed by atoms with E-state index in [0.29, 0.717) is 33.4 Å². The number of carbonyl (C=O) groups excluding carboxylic acids is 1. The topological polar surface area (TPSA) is 109 Å². The number of ether oxygens (including phenoxy) is 2. The Morgan fingerprint density at radius 3 is 2.25 bits per heavy atom. The van der Waals surface area contributed by atoms with E-state index in [1.54, 1.807) is 50.4 Å². The lowest BCUT2D eigenvalue weighted by Crippen LogP contribution is -2.09. The molecule has 1 aromatic heterocycles. The fraction of sp³-hybridized carbons (Fsp3) is 0.0833. The highest BCUT2D eigenvalue weighted by atomic mass is 16.6. The molecule has 0 bridgehead atoms. The number of hydrogen-bond donors (Lipinski definition) is 0. The summed E-state index contributed by atoms with van der Waals surface area (Å²) in [5, 5.41) is 11.4. The predicted octanol–water partition coefficient (Wildman–Crippen LogP) is 4.90. The second kappa shape index (κ2) is 8.35. The van der Waals surface area contributed by atoms with E-state index in [2.05, 4.69) is 0 Å². The van der Waals surface area contributed by atoms with Gasteiger partial charge < -0.3 is 13.9 Å². The van der Waals surface area contributed by atoms with Crippen LogP contribution in [0.2, 0.25) is 0 Å². The minimum atomic E-state index is -0.662. The first-order valence-electron chi connectivity index (χ1n) is 9.56. The van der Waals surface area contributed by atoms with Crippen LogP contribution >= 0.6 is 0 Å². The summed E-state index contributed by atoms with van der Waals surface area (Å²) in [6.45, 7) is 1.79. The maximum atomic E-state index is 12.6. The standard InChI is InChI=1S/C24H17NO7/c1-14-20-13-19(31-23(26)16-3-7-17(8-4-16)25(28)29)11-12-21(20)32-24(27)22(14)15-5-9-18(30-2)10-6-15/h3-13H,1-2H3. The summed E-state index contributed by atoms with van der Waals surface area (Å²) < 4.78 is 16.1. The van der Waals surface area contributed by atoms with Crippen LogP contribution in [0.4, 0.5) is 5.69 Å². The molecule has 8 nitrogen and oxygen atoms in total. The van der Waals surface area contributed by atoms with E-state index in [0.717, 1.165) is 0 Å². The highest BCUT2D eigenvalue weighted by Crippen LogP contribution is 2.30. The lowest BCUT2D eigenvalue weighted by atomic mass is 9.99. The van der Waals surface area contributed by atoms with Gasteiger partial charge in [0, 0.05) is 17.5 Å². The van der Waals surface area contributed by atoms with Crippen molar-refractivity contribution >= 4 is 22.6 Å². The number of nitro benzene ring substituents is 1. The predicted molar refractivity (Wildman–Crippen MR) is 117 cm³/mol. The van der Waals surface area contributed by atoms with Gasteiger partial charge in [0.2, 0.25) is 0 Å². The Kier molecular flexibility index (Phi) is 5.43. The number of esters is 1. The van der Waals surface area contributed by atoms with Crippen LogP contribution in [-0.2, 0) is 0 Å². The normalized spacial score (nSPS) is 10.7. The first-order valence-corrected chi connectivity index (χ1v) is 9.56. The molecular formula is C24H17NO7. The third-order valence-electron chi connectivity index (χ3n) is 5.04. The summed E-state index contributed by atoms with van der Waals surface area (Å²) in [5.74, 6) is 0.250. The second-order valence-electron chi connectivity index (χ2n) is 6.97. The van der Waals surface area contributed by atoms with Gasteiger partial charge in [-0.25, -0.2) is 9.59 Å². The Morgan fingerprint density at radius 1 is 0.969 bits per heavy atom. The third-order valence-corrected chi connectivity index (χ3v) is 5.04. The van der Waals surface area contributed by atoms with E-state index in [1.807, 2.05) is 0 Å². The molecule has 1 heterocycles. The lowest BCUT2D eigenvalue weighted by molar-refractivity contribution is -0.384. The van der Waals surface area contributed by atoms with Crippen molar-refractivity contribution < 1.29 is 23.6 Å². The molecule has 32 heavy (non-hydrogen) atoms. The second-order valence-corrected chi connectivity index (χ2v) is 6.97. The molecule has 8 heteroatoms. The number of rotatable bonds is 5. The zero-order valence-corrected chi connectivity index (χ0v) is 17.2. The van der Waals surface area contributed by atoms with E-state index in [1.165, 1.54) is 30.3 Å². The molecule has 0 radical (unpaired) electrons. The van der Waals surface area contributed by atoms with Crippen LogP contribution in [0.1, 0.15) is 15.9 Å². The van der Waals surface area contributed by atoms with Crippen LogP contribution in [-0.4, -0.2) is 18.0 Å². The van der Waals surface area contributed by atoms with Gasteiger partial charge >= 0.3 is 11.6 Å². The number of aryl methyl sites for hydroxylation is 1. The van der Waals surface area contributed by atoms with Gasteiger partial charge in [-0.3, -0.25) is 10.1 Å². The summed E-state index contributed by atoms with van der Waals surface area (Å²) in [5.41, 5.74) is 1.69. The maximum absolute atomic E-state index is 12.6. The quantitative estimate of drug-likeness (QED) is 0.145. The van der Waals surface area contributed by atoms with Crippen molar-refractivity contribution in [3.05, 3.63) is 98.4 Å². The minimum Gasteiger partial charge on any atom is -0.497 e. The van der Waals surface area contributed by atoms with Crippen LogP contribution in [0.3, 0.4) is 0 Å². The van der Waals surface area contributed by atoms with Gasteiger partial charge in [0.25, 0.3) is 5.69 Å². The number of non-ortho nitro benzene ring substituents is 1. The zero-order valence-electron chi connectivity index (χ0n) is 17.2. The van der Waals surface area contributed by atoms with Crippen LogP contribution in [0, 0.1) is 17.0 Å². The molecule has 0 amide bonds. The number of carbonyl (C=O) groups is 1. The van der Waals surface area contributed by atoms with E-state index < -0.39 is 16.5 Å². The molecule has 0 aliphatic heterocycles. The van der Waals surface area contributed by atoms with Crippen LogP contribution in [0.15, 0.2) is 75.9 Å². The molecule has 0 N–H and O–H groups in total. The van der Waals surface area contributed by atoms with E-state index in [9.17, 15) is 19.7 Å². The number of benzene rings is 3. The Morgan fingerprint density at radius 2 is 1.62 bits per heavy atom. The van der Waals surface area contributed by atoms with Crippen molar-refractivity contribution in [2.75, 3.05) is 7.11 Å². The molecule has 0 aliphatic carbocycles. The molecule has 3 aromatic carbocycles. The van der Waals surface area contributed by atoms with Crippen LogP contribution in [0.5, 0.6) is 11.5 Å². The van der Waals surface area contributed by atoms with Gasteiger partial charge in [-0.1, -0.05) is 12.1 Å². The van der Waals surface area contributed by atoms with Gasteiger partial charge in [-0.2, -0.15) is 0 Å². The number of hydrogen-bond acceptors (Lipinski definition) is 7. The molecule has 4 rings (SSSR count). The van der Waals surface area contributed by atoms with Crippen molar-refractivity contribution in [2.24, 2.45) is 0 Å². The van der Waals surface area contributed by atoms with E-state index in [-0.39, 0.29) is 17.0 Å². The number of nitro groups is 1. The van der Waals surface area contributed by atoms with Gasteiger partial charge in [0.15, 0.2) is 0 Å². The van der Waals surface area contributed by atoms with E-state index in [4.69, 9.17) is 13.9 Å². The minimum absolute atomic E-state index is 0.121. The lowest BCUT2D eigenvalue weighted by Gasteiger charge is -2.10. The van der Waals surface area contributed by atoms with Crippen LogP contribution in [0.25, 0.3) is 22.1 Å². The fourth-order valence-electron chi connectivity index (χ4n) is 3.37. The van der Waals surface area contributed by atoms with Crippen LogP contribution < -0.4 is 15.1 Å². The highest BCUT2D eigenvalue weighted by molar-refractivity contribution is 5.93. The SMILES string of the molecule is COc1ccc(-c2c(C)c3cc(OC(=O)c4ccc([N+](=O)[O-])cc4)ccc3oc2=O)cc1. The molecule has 0 spiro atoms. The first-order chi connectivity index (χ1) is 15.4. The van der Waals surface area contributed by atoms with Crippen molar-refractivity contribution in [1.29, 1.82) is 0 Å². The van der Waals surface area contributed by atoms with Crippen molar-refractivity contribution in [1.82, 2.24) is 0 Å². The van der Waals surface area contributed by atoms with Gasteiger partial charge in [-0.15, -0.1) is 0 Å². The van der Waals surface area contributed by atoms with Gasteiger partial charge in [0.05, 0.1) is 23.2 Å². The Hall–Kier alpha value is -4.46. The molecule has 0 saturated carbocycles. The van der Waals surface area contributed by atoms with Crippen molar-refractivity contribution in [2.45, 2.75) is 6.92 Å². The largest absolute Gasteiger partial charge is 0.497 e. The van der Waals surface area contributed by atoms with E-state index >= 15 is 0 Å². The molecule has 0 unspecified atom stereocenters. The molecule has 0 fully saturated rings. The summed E-state index contributed by atoms with van der Waals surface area (Å²) in [4.78, 5) is 35.3. The van der Waals surface area contributed by atoms with Crippen molar-refractivity contribution in [3.63, 3.8) is 0 Å². The summed E-state index contributed by atoms with van der Waals surface area (Å²) >= 11 is 0. The molecule has 160 valence electrons. The number of methoxy groups -OCH3 is 1. The monoisotopic (exact) mass is 431 g/mol. The maximum Gasteiger partial charge on any atom is 0.344 e. The average Bonchev–Trinajstić information content (AvgIpc) is 2.80. The Labute approximate surface area is 181 Å².